The van der Waals surface area contributed by atoms with Crippen LogP contribution in [0, 0.1) is 6.92 Å². The number of hydrogen-bond acceptors (Lipinski definition) is 4. The lowest BCUT2D eigenvalue weighted by atomic mass is 9.77. The number of Topliss-reactive ketones (excluding diaryl/α,β-unsaturated/α-hetero) is 1. The molecule has 0 N–H and O–H groups in total. The van der Waals surface area contributed by atoms with Crippen molar-refractivity contribution in [2.24, 2.45) is 0 Å². The number of rotatable bonds is 23. The molecule has 246 valence electrons. The number of para-hydroxylation sites is 1. The van der Waals surface area contributed by atoms with Crippen LogP contribution < -0.4 is 4.90 Å². The fourth-order valence-electron chi connectivity index (χ4n) is 6.91. The topological polar surface area (TPSA) is 32.8 Å². The van der Waals surface area contributed by atoms with Crippen LogP contribution in [0.2, 0.25) is 0 Å². The minimum atomic E-state index is -0.555. The molecule has 0 aromatic heterocycles. The third-order valence-electron chi connectivity index (χ3n) is 9.65. The molecule has 0 spiro atoms. The second-order valence-electron chi connectivity index (χ2n) is 13.3. The summed E-state index contributed by atoms with van der Waals surface area (Å²) in [5.74, 6) is 0.325. The lowest BCUT2D eigenvalue weighted by molar-refractivity contribution is 0.0468. The van der Waals surface area contributed by atoms with Crippen molar-refractivity contribution in [1.82, 2.24) is 4.90 Å². The van der Waals surface area contributed by atoms with E-state index < -0.39 is 5.54 Å². The monoisotopic (exact) mass is 604 g/mol. The molecular formula is C40H64N2O2. The van der Waals surface area contributed by atoms with Crippen molar-refractivity contribution in [2.45, 2.75) is 136 Å². The van der Waals surface area contributed by atoms with Crippen LogP contribution in [0.5, 0.6) is 0 Å². The molecule has 0 radical (unpaired) electrons. The zero-order valence-electron chi connectivity index (χ0n) is 28.9. The molecule has 3 rings (SSSR count). The molecule has 1 aliphatic heterocycles. The van der Waals surface area contributed by atoms with Gasteiger partial charge in [-0.3, -0.25) is 9.69 Å². The number of carbonyl (C=O) groups is 1. The summed E-state index contributed by atoms with van der Waals surface area (Å²) in [6.45, 7) is 14.1. The molecule has 1 unspecified atom stereocenters. The number of ether oxygens (including phenoxy) is 1. The van der Waals surface area contributed by atoms with E-state index in [9.17, 15) is 0 Å². The Morgan fingerprint density at radius 3 is 1.86 bits per heavy atom. The van der Waals surface area contributed by atoms with Crippen LogP contribution in [0.3, 0.4) is 0 Å². The molecule has 4 nitrogen and oxygen atoms in total. The number of anilines is 1. The van der Waals surface area contributed by atoms with E-state index in [-0.39, 0.29) is 0 Å². The Hall–Kier alpha value is -2.17. The third-order valence-corrected chi connectivity index (χ3v) is 9.65. The van der Waals surface area contributed by atoms with Crippen LogP contribution in [0.25, 0.3) is 0 Å². The lowest BCUT2D eigenvalue weighted by Crippen LogP contribution is -2.57. The molecule has 2 aromatic carbocycles. The van der Waals surface area contributed by atoms with Gasteiger partial charge in [-0.2, -0.15) is 0 Å². The van der Waals surface area contributed by atoms with Gasteiger partial charge in [0.1, 0.15) is 0 Å². The van der Waals surface area contributed by atoms with Gasteiger partial charge in [0, 0.05) is 24.3 Å². The summed E-state index contributed by atoms with van der Waals surface area (Å²) in [7, 11) is 0. The van der Waals surface area contributed by atoms with Gasteiger partial charge in [-0.25, -0.2) is 0 Å². The first-order valence-corrected chi connectivity index (χ1v) is 18.3. The summed E-state index contributed by atoms with van der Waals surface area (Å²) in [6, 6.07) is 17.4. The Balaban J connectivity index is 2.02. The molecule has 1 saturated heterocycles. The van der Waals surface area contributed by atoms with Crippen LogP contribution in [-0.2, 0) is 11.2 Å². The number of hydrogen-bond donors (Lipinski definition) is 0. The molecule has 1 atom stereocenters. The maximum atomic E-state index is 15.4. The highest BCUT2D eigenvalue weighted by Gasteiger charge is 2.44. The van der Waals surface area contributed by atoms with Crippen molar-refractivity contribution < 1.29 is 9.53 Å². The number of unbranched alkanes of at least 4 members (excludes halogenated alkanes) is 11. The first kappa shape index (κ1) is 36.3. The van der Waals surface area contributed by atoms with Crippen molar-refractivity contribution >= 4 is 11.5 Å². The molecule has 1 fully saturated rings. The molecule has 0 saturated carbocycles. The quantitative estimate of drug-likeness (QED) is 0.0933. The van der Waals surface area contributed by atoms with E-state index >= 15 is 4.79 Å². The van der Waals surface area contributed by atoms with Gasteiger partial charge in [0.2, 0.25) is 0 Å². The van der Waals surface area contributed by atoms with E-state index in [0.29, 0.717) is 5.78 Å². The molecular weight excluding hydrogens is 540 g/mol. The normalized spacial score (nSPS) is 15.1. The number of nitrogens with zero attached hydrogens (tertiary/aromatic N) is 2. The van der Waals surface area contributed by atoms with Crippen LogP contribution in [0.1, 0.15) is 139 Å². The molecule has 0 bridgehead atoms. The van der Waals surface area contributed by atoms with Gasteiger partial charge in [0.15, 0.2) is 5.78 Å². The molecule has 1 aliphatic rings. The Kier molecular flexibility index (Phi) is 17.1. The molecule has 1 heterocycles. The predicted molar refractivity (Wildman–Crippen MR) is 189 cm³/mol. The van der Waals surface area contributed by atoms with E-state index in [1.165, 1.54) is 88.2 Å². The molecule has 2 aromatic rings. The summed E-state index contributed by atoms with van der Waals surface area (Å²) in [5.41, 5.74) is 3.98. The van der Waals surface area contributed by atoms with Crippen molar-refractivity contribution in [3.8, 4) is 0 Å². The Bertz CT molecular complexity index is 1030. The number of morpholine rings is 1. The average molecular weight is 605 g/mol. The minimum Gasteiger partial charge on any atom is -0.378 e. The van der Waals surface area contributed by atoms with E-state index in [1.807, 2.05) is 0 Å². The Labute approximate surface area is 270 Å². The molecule has 44 heavy (non-hydrogen) atoms. The van der Waals surface area contributed by atoms with E-state index in [2.05, 4.69) is 86.0 Å². The van der Waals surface area contributed by atoms with Crippen LogP contribution >= 0.6 is 0 Å². The summed E-state index contributed by atoms with van der Waals surface area (Å²) in [4.78, 5) is 20.5. The largest absolute Gasteiger partial charge is 0.378 e. The first-order valence-electron chi connectivity index (χ1n) is 18.3. The average Bonchev–Trinajstić information content (AvgIpc) is 3.06. The van der Waals surface area contributed by atoms with Crippen molar-refractivity contribution in [3.63, 3.8) is 0 Å². The highest BCUT2D eigenvalue weighted by atomic mass is 16.5. The fourth-order valence-corrected chi connectivity index (χ4v) is 6.91. The standard InChI is InChI=1S/C40H64N2O2/c1-5-8-11-13-15-19-28-42(29-20-16-14-12-9-6-2)40(27-10-7-3,34-36-25-23-35(4)24-26-36)39(43)37-21-17-18-22-38(37)41-30-32-44-33-31-41/h17-18,21-26H,5-16,19-20,27-34H2,1-4H3. The minimum absolute atomic E-state index is 0.325. The highest BCUT2D eigenvalue weighted by Crippen LogP contribution is 2.36. The highest BCUT2D eigenvalue weighted by molar-refractivity contribution is 6.07. The number of ketones is 1. The molecule has 0 aliphatic carbocycles. The van der Waals surface area contributed by atoms with Gasteiger partial charge >= 0.3 is 0 Å². The molecule has 4 heteroatoms. The predicted octanol–water partition coefficient (Wildman–Crippen LogP) is 10.2. The zero-order chi connectivity index (χ0) is 31.5. The van der Waals surface area contributed by atoms with Crippen molar-refractivity contribution in [3.05, 3.63) is 65.2 Å². The van der Waals surface area contributed by atoms with Gasteiger partial charge in [-0.1, -0.05) is 140 Å². The van der Waals surface area contributed by atoms with Gasteiger partial charge < -0.3 is 9.64 Å². The zero-order valence-corrected chi connectivity index (χ0v) is 28.9. The van der Waals surface area contributed by atoms with Gasteiger partial charge in [-0.05, 0) is 63.4 Å². The van der Waals surface area contributed by atoms with E-state index in [1.54, 1.807) is 0 Å². The molecule has 0 amide bonds. The maximum absolute atomic E-state index is 15.4. The Morgan fingerprint density at radius 2 is 1.27 bits per heavy atom. The first-order chi connectivity index (χ1) is 21.6. The van der Waals surface area contributed by atoms with Crippen LogP contribution in [0.15, 0.2) is 48.5 Å². The lowest BCUT2D eigenvalue weighted by Gasteiger charge is -2.44. The summed E-state index contributed by atoms with van der Waals surface area (Å²) in [6.07, 6.45) is 19.1. The van der Waals surface area contributed by atoms with Crippen molar-refractivity contribution in [1.29, 1.82) is 0 Å². The number of aryl methyl sites for hydroxylation is 1. The SMILES string of the molecule is CCCCCCCCN(CCCCCCCC)C(CCCC)(Cc1ccc(C)cc1)C(=O)c1ccccc1N1CCOCC1. The van der Waals surface area contributed by atoms with Gasteiger partial charge in [0.05, 0.1) is 18.8 Å². The fraction of sp³-hybridized carbons (Fsp3) is 0.675. The maximum Gasteiger partial charge on any atom is 0.185 e. The third kappa shape index (κ3) is 11.3. The van der Waals surface area contributed by atoms with Crippen LogP contribution in [-0.4, -0.2) is 55.6 Å². The summed E-state index contributed by atoms with van der Waals surface area (Å²) >= 11 is 0. The second-order valence-corrected chi connectivity index (χ2v) is 13.3. The summed E-state index contributed by atoms with van der Waals surface area (Å²) < 4.78 is 5.69. The second kappa shape index (κ2) is 20.8. The van der Waals surface area contributed by atoms with Crippen molar-refractivity contribution in [2.75, 3.05) is 44.3 Å². The van der Waals surface area contributed by atoms with E-state index in [0.717, 1.165) is 76.3 Å². The summed E-state index contributed by atoms with van der Waals surface area (Å²) in [5, 5.41) is 0. The Morgan fingerprint density at radius 1 is 0.727 bits per heavy atom. The van der Waals surface area contributed by atoms with Gasteiger partial charge in [-0.15, -0.1) is 0 Å². The smallest absolute Gasteiger partial charge is 0.185 e. The number of benzene rings is 2. The van der Waals surface area contributed by atoms with E-state index in [4.69, 9.17) is 4.74 Å². The number of carbonyl (C=O) groups excluding carboxylic acids is 1. The van der Waals surface area contributed by atoms with Crippen LogP contribution in [0.4, 0.5) is 5.69 Å². The van der Waals surface area contributed by atoms with Gasteiger partial charge in [0.25, 0.3) is 0 Å².